The van der Waals surface area contributed by atoms with E-state index in [1.165, 1.54) is 18.0 Å². The largest absolute Gasteiger partial charge is 0.381 e. The van der Waals surface area contributed by atoms with E-state index >= 15 is 0 Å². The molecule has 1 atom stereocenters. The van der Waals surface area contributed by atoms with Gasteiger partial charge in [-0.15, -0.1) is 5.10 Å². The average Bonchev–Trinajstić information content (AvgIpc) is 3.27. The second-order valence-electron chi connectivity index (χ2n) is 7.48. The first-order valence-corrected chi connectivity index (χ1v) is 9.95. The third-order valence-corrected chi connectivity index (χ3v) is 6.49. The number of amides is 1. The average molecular weight is 366 g/mol. The lowest BCUT2D eigenvalue weighted by atomic mass is 9.88. The Morgan fingerprint density at radius 1 is 1.32 bits per heavy atom. The van der Waals surface area contributed by atoms with Gasteiger partial charge in [0.15, 0.2) is 0 Å². The van der Waals surface area contributed by atoms with Crippen LogP contribution in [0, 0.1) is 12.8 Å². The molecule has 0 aromatic carbocycles. The van der Waals surface area contributed by atoms with Crippen molar-refractivity contribution in [3.63, 3.8) is 0 Å². The van der Waals surface area contributed by atoms with Crippen molar-refractivity contribution in [1.82, 2.24) is 19.4 Å². The summed E-state index contributed by atoms with van der Waals surface area (Å²) >= 11 is 1.19. The second kappa shape index (κ2) is 7.26. The molecule has 3 saturated heterocycles. The maximum absolute atomic E-state index is 12.6. The van der Waals surface area contributed by atoms with Crippen LogP contribution in [0.25, 0.3) is 0 Å². The summed E-state index contributed by atoms with van der Waals surface area (Å²) in [4.78, 5) is 17.8. The lowest BCUT2D eigenvalue weighted by molar-refractivity contribution is -0.134. The number of carbonyl (C=O) groups is 1. The first kappa shape index (κ1) is 17.3. The van der Waals surface area contributed by atoms with Gasteiger partial charge in [-0.1, -0.05) is 4.49 Å². The number of carbonyl (C=O) groups excluding carboxylic acids is 1. The van der Waals surface area contributed by atoms with E-state index in [9.17, 15) is 4.79 Å². The van der Waals surface area contributed by atoms with E-state index in [1.54, 1.807) is 0 Å². The van der Waals surface area contributed by atoms with E-state index in [2.05, 4.69) is 14.5 Å². The Morgan fingerprint density at radius 2 is 2.16 bits per heavy atom. The number of nitrogens with zero attached hydrogens (tertiary/aromatic N) is 4. The van der Waals surface area contributed by atoms with Crippen molar-refractivity contribution in [3.8, 4) is 0 Å². The minimum atomic E-state index is -0.0878. The van der Waals surface area contributed by atoms with E-state index in [0.717, 1.165) is 71.1 Å². The monoisotopic (exact) mass is 366 g/mol. The zero-order chi connectivity index (χ0) is 17.3. The molecule has 138 valence electrons. The number of likely N-dealkylation sites (tertiary alicyclic amines) is 1. The molecule has 25 heavy (non-hydrogen) atoms. The first-order chi connectivity index (χ1) is 12.2. The Hall–Kier alpha value is -1.09. The summed E-state index contributed by atoms with van der Waals surface area (Å²) in [5.41, 5.74) is 0.643. The van der Waals surface area contributed by atoms with E-state index < -0.39 is 0 Å². The van der Waals surface area contributed by atoms with Gasteiger partial charge in [0.25, 0.3) is 5.91 Å². The summed E-state index contributed by atoms with van der Waals surface area (Å²) in [5.74, 6) is 0.733. The molecule has 3 aliphatic heterocycles. The summed E-state index contributed by atoms with van der Waals surface area (Å²) in [6.45, 7) is 9.03. The van der Waals surface area contributed by atoms with E-state index in [1.807, 2.05) is 11.8 Å². The van der Waals surface area contributed by atoms with Gasteiger partial charge in [0.05, 0.1) is 24.5 Å². The smallest absolute Gasteiger partial charge is 0.267 e. The van der Waals surface area contributed by atoms with Crippen LogP contribution in [0.4, 0.5) is 0 Å². The van der Waals surface area contributed by atoms with Crippen molar-refractivity contribution in [2.24, 2.45) is 5.92 Å². The molecule has 0 saturated carbocycles. The number of hydrogen-bond acceptors (Lipinski definition) is 7. The van der Waals surface area contributed by atoms with Gasteiger partial charge >= 0.3 is 0 Å². The molecular formula is C17H26N4O3S. The molecule has 0 bridgehead atoms. The Kier molecular flexibility index (Phi) is 5.04. The van der Waals surface area contributed by atoms with Gasteiger partial charge in [0, 0.05) is 39.3 Å². The van der Waals surface area contributed by atoms with Gasteiger partial charge in [0.2, 0.25) is 0 Å². The molecular weight excluding hydrogens is 340 g/mol. The van der Waals surface area contributed by atoms with E-state index in [4.69, 9.17) is 9.47 Å². The number of piperidine rings is 1. The van der Waals surface area contributed by atoms with Crippen LogP contribution in [-0.2, 0) is 9.47 Å². The summed E-state index contributed by atoms with van der Waals surface area (Å²) in [6.07, 6.45) is 2.98. The van der Waals surface area contributed by atoms with Crippen LogP contribution in [0.5, 0.6) is 0 Å². The fourth-order valence-corrected chi connectivity index (χ4v) is 4.79. The van der Waals surface area contributed by atoms with Crippen molar-refractivity contribution < 1.29 is 14.3 Å². The topological polar surface area (TPSA) is 67.8 Å². The zero-order valence-corrected chi connectivity index (χ0v) is 15.6. The Balaban J connectivity index is 1.33. The highest BCUT2D eigenvalue weighted by molar-refractivity contribution is 7.07. The molecule has 1 unspecified atom stereocenters. The standard InChI is InChI=1S/C17H26N4O3S/c1-13-15(25-19-18-13)16(22)21-5-3-17(4-6-21)12-20(7-9-24-17)10-14-2-8-23-11-14/h14H,2-12H2,1H3. The van der Waals surface area contributed by atoms with E-state index in [-0.39, 0.29) is 11.5 Å². The third kappa shape index (κ3) is 3.72. The van der Waals surface area contributed by atoms with Crippen molar-refractivity contribution in [2.75, 3.05) is 52.5 Å². The van der Waals surface area contributed by atoms with Gasteiger partial charge in [-0.3, -0.25) is 9.69 Å². The van der Waals surface area contributed by atoms with Gasteiger partial charge in [0.1, 0.15) is 4.88 Å². The van der Waals surface area contributed by atoms with Crippen LogP contribution >= 0.6 is 11.5 Å². The molecule has 4 rings (SSSR count). The van der Waals surface area contributed by atoms with Crippen molar-refractivity contribution in [1.29, 1.82) is 0 Å². The molecule has 3 aliphatic rings. The fourth-order valence-electron chi connectivity index (χ4n) is 4.16. The highest BCUT2D eigenvalue weighted by Crippen LogP contribution is 2.32. The number of morpholine rings is 1. The molecule has 8 heteroatoms. The normalized spacial score (nSPS) is 27.1. The van der Waals surface area contributed by atoms with E-state index in [0.29, 0.717) is 10.8 Å². The molecule has 1 amide bonds. The molecule has 1 aromatic heterocycles. The Bertz CT molecular complexity index is 609. The van der Waals surface area contributed by atoms with Crippen LogP contribution in [0.1, 0.15) is 34.6 Å². The number of hydrogen-bond donors (Lipinski definition) is 0. The zero-order valence-electron chi connectivity index (χ0n) is 14.8. The molecule has 1 spiro atoms. The van der Waals surface area contributed by atoms with Crippen LogP contribution < -0.4 is 0 Å². The number of ether oxygens (including phenoxy) is 2. The minimum Gasteiger partial charge on any atom is -0.381 e. The first-order valence-electron chi connectivity index (χ1n) is 9.17. The second-order valence-corrected chi connectivity index (χ2v) is 8.23. The molecule has 0 N–H and O–H groups in total. The number of rotatable bonds is 3. The van der Waals surface area contributed by atoms with Crippen LogP contribution in [0.15, 0.2) is 0 Å². The number of aryl methyl sites for hydroxylation is 1. The minimum absolute atomic E-state index is 0.0677. The van der Waals surface area contributed by atoms with Crippen molar-refractivity contribution in [3.05, 3.63) is 10.6 Å². The molecule has 4 heterocycles. The molecule has 7 nitrogen and oxygen atoms in total. The van der Waals surface area contributed by atoms with Gasteiger partial charge < -0.3 is 14.4 Å². The Morgan fingerprint density at radius 3 is 2.84 bits per heavy atom. The predicted octanol–water partition coefficient (Wildman–Crippen LogP) is 1.19. The molecule has 3 fully saturated rings. The molecule has 1 aromatic rings. The quantitative estimate of drug-likeness (QED) is 0.801. The molecule has 0 aliphatic carbocycles. The maximum Gasteiger partial charge on any atom is 0.267 e. The lowest BCUT2D eigenvalue weighted by Gasteiger charge is -2.47. The summed E-state index contributed by atoms with van der Waals surface area (Å²) in [6, 6.07) is 0. The van der Waals surface area contributed by atoms with Crippen molar-refractivity contribution >= 4 is 17.4 Å². The van der Waals surface area contributed by atoms with Gasteiger partial charge in [-0.2, -0.15) is 0 Å². The summed E-state index contributed by atoms with van der Waals surface area (Å²) in [7, 11) is 0. The summed E-state index contributed by atoms with van der Waals surface area (Å²) < 4.78 is 15.6. The van der Waals surface area contributed by atoms with Crippen LogP contribution in [-0.4, -0.2) is 83.4 Å². The number of aromatic nitrogens is 2. The highest BCUT2D eigenvalue weighted by Gasteiger charge is 2.41. The maximum atomic E-state index is 12.6. The lowest BCUT2D eigenvalue weighted by Crippen LogP contribution is -2.58. The SMILES string of the molecule is Cc1nnsc1C(=O)N1CCC2(CC1)CN(CC1CCOC1)CCO2. The highest BCUT2D eigenvalue weighted by atomic mass is 32.1. The van der Waals surface area contributed by atoms with Gasteiger partial charge in [-0.05, 0) is 43.6 Å². The third-order valence-electron chi connectivity index (χ3n) is 5.68. The van der Waals surface area contributed by atoms with Crippen molar-refractivity contribution in [2.45, 2.75) is 31.8 Å². The fraction of sp³-hybridized carbons (Fsp3) is 0.824. The predicted molar refractivity (Wildman–Crippen MR) is 93.8 cm³/mol. The van der Waals surface area contributed by atoms with Crippen LogP contribution in [0.3, 0.4) is 0 Å². The molecule has 0 radical (unpaired) electrons. The van der Waals surface area contributed by atoms with Crippen LogP contribution in [0.2, 0.25) is 0 Å². The summed E-state index contributed by atoms with van der Waals surface area (Å²) in [5, 5.41) is 3.95. The Labute approximate surface area is 152 Å². The van der Waals surface area contributed by atoms with Gasteiger partial charge in [-0.25, -0.2) is 0 Å².